The zero-order valence-electron chi connectivity index (χ0n) is 19.6. The van der Waals surface area contributed by atoms with E-state index < -0.39 is 5.82 Å². The molecule has 0 fully saturated rings. The molecule has 2 atom stereocenters. The highest BCUT2D eigenvalue weighted by Gasteiger charge is 2.15. The van der Waals surface area contributed by atoms with Crippen molar-refractivity contribution in [2.45, 2.75) is 71.5 Å². The molecule has 0 aliphatic carbocycles. The van der Waals surface area contributed by atoms with Gasteiger partial charge in [-0.25, -0.2) is 4.39 Å². The molecule has 170 valence electrons. The molecule has 0 saturated carbocycles. The van der Waals surface area contributed by atoms with Crippen molar-refractivity contribution in [3.8, 4) is 5.75 Å². The zero-order valence-corrected chi connectivity index (χ0v) is 19.6. The third-order valence-corrected chi connectivity index (χ3v) is 6.32. The van der Waals surface area contributed by atoms with Gasteiger partial charge < -0.3 is 9.84 Å². The van der Waals surface area contributed by atoms with E-state index in [1.54, 1.807) is 0 Å². The van der Waals surface area contributed by atoms with Crippen LogP contribution < -0.4 is 4.74 Å². The van der Waals surface area contributed by atoms with Crippen LogP contribution in [0.15, 0.2) is 66.7 Å². The molecule has 3 aromatic carbocycles. The van der Waals surface area contributed by atoms with E-state index >= 15 is 0 Å². The van der Waals surface area contributed by atoms with Crippen LogP contribution in [0.2, 0.25) is 0 Å². The summed E-state index contributed by atoms with van der Waals surface area (Å²) >= 11 is 0. The Morgan fingerprint density at radius 1 is 0.781 bits per heavy atom. The maximum Gasteiger partial charge on any atom is 0.132 e. The third kappa shape index (κ3) is 6.20. The summed E-state index contributed by atoms with van der Waals surface area (Å²) in [6.07, 6.45) is 2.24. The monoisotopic (exact) mass is 434 g/mol. The molecule has 0 saturated heterocycles. The molecule has 3 aromatic rings. The normalized spacial score (nSPS) is 13.2. The number of aliphatic hydroxyl groups is 1. The summed E-state index contributed by atoms with van der Waals surface area (Å²) in [5.74, 6) is 1.16. The summed E-state index contributed by atoms with van der Waals surface area (Å²) in [7, 11) is 0. The average molecular weight is 435 g/mol. The summed E-state index contributed by atoms with van der Waals surface area (Å²) < 4.78 is 20.4. The van der Waals surface area contributed by atoms with Crippen molar-refractivity contribution in [3.63, 3.8) is 0 Å². The first-order chi connectivity index (χ1) is 15.4. The van der Waals surface area contributed by atoms with Crippen LogP contribution in [0.4, 0.5) is 4.39 Å². The highest BCUT2D eigenvalue weighted by atomic mass is 19.1. The Bertz CT molecular complexity index is 997. The predicted octanol–water partition coefficient (Wildman–Crippen LogP) is 7.71. The molecule has 0 spiro atoms. The number of hydrogen-bond donors (Lipinski definition) is 1. The average Bonchev–Trinajstić information content (AvgIpc) is 2.81. The number of aliphatic hydroxyl groups excluding tert-OH is 1. The lowest BCUT2D eigenvalue weighted by Gasteiger charge is -2.18. The fourth-order valence-electron chi connectivity index (χ4n) is 4.01. The Labute approximate surface area is 192 Å². The Kier molecular flexibility index (Phi) is 8.46. The van der Waals surface area contributed by atoms with Gasteiger partial charge in [-0.15, -0.1) is 0 Å². The molecule has 0 aliphatic rings. The van der Waals surface area contributed by atoms with Crippen LogP contribution in [0.5, 0.6) is 5.75 Å². The van der Waals surface area contributed by atoms with Gasteiger partial charge in [0.2, 0.25) is 0 Å². The lowest BCUT2D eigenvalue weighted by Crippen LogP contribution is -2.04. The molecule has 0 aromatic heterocycles. The number of ether oxygens (including phenoxy) is 1. The number of rotatable bonds is 10. The maximum absolute atomic E-state index is 14.4. The Morgan fingerprint density at radius 2 is 1.44 bits per heavy atom. The maximum atomic E-state index is 14.4. The molecular weight excluding hydrogens is 399 g/mol. The van der Waals surface area contributed by atoms with Crippen LogP contribution in [-0.4, -0.2) is 5.11 Å². The van der Waals surface area contributed by atoms with Gasteiger partial charge in [-0.3, -0.25) is 0 Å². The molecule has 1 N–H and O–H groups in total. The predicted molar refractivity (Wildman–Crippen MR) is 130 cm³/mol. The summed E-state index contributed by atoms with van der Waals surface area (Å²) in [5.41, 5.74) is 4.80. The van der Waals surface area contributed by atoms with Gasteiger partial charge in [-0.05, 0) is 65.0 Å². The summed E-state index contributed by atoms with van der Waals surface area (Å²) in [6.45, 7) is 8.55. The summed E-state index contributed by atoms with van der Waals surface area (Å²) in [5, 5.41) is 9.61. The number of halogens is 1. The molecule has 2 unspecified atom stereocenters. The van der Waals surface area contributed by atoms with Gasteiger partial charge in [0.25, 0.3) is 0 Å². The summed E-state index contributed by atoms with van der Waals surface area (Å²) in [6, 6.07) is 22.4. The molecule has 0 bridgehead atoms. The van der Waals surface area contributed by atoms with E-state index in [-0.39, 0.29) is 18.1 Å². The van der Waals surface area contributed by atoms with E-state index in [0.717, 1.165) is 24.0 Å². The second kappa shape index (κ2) is 11.3. The van der Waals surface area contributed by atoms with Crippen LogP contribution in [0.1, 0.15) is 86.1 Å². The van der Waals surface area contributed by atoms with E-state index in [1.165, 1.54) is 17.2 Å². The van der Waals surface area contributed by atoms with Crippen molar-refractivity contribution in [2.75, 3.05) is 0 Å². The van der Waals surface area contributed by atoms with Gasteiger partial charge in [0.05, 0.1) is 12.2 Å². The van der Waals surface area contributed by atoms with Crippen LogP contribution >= 0.6 is 0 Å². The zero-order chi connectivity index (χ0) is 23.1. The van der Waals surface area contributed by atoms with E-state index in [1.807, 2.05) is 26.0 Å². The highest BCUT2D eigenvalue weighted by molar-refractivity contribution is 5.40. The van der Waals surface area contributed by atoms with Crippen LogP contribution in [-0.2, 0) is 13.2 Å². The first-order valence-electron chi connectivity index (χ1n) is 11.6. The lowest BCUT2D eigenvalue weighted by molar-refractivity contribution is 0.252. The molecule has 0 aliphatic heterocycles. The SMILES string of the molecule is CC(C)c1cc(F)c(CO)c(OCc2cccc(C(C)CCC(C)c3ccccc3)c2)c1. The van der Waals surface area contributed by atoms with Gasteiger partial charge >= 0.3 is 0 Å². The van der Waals surface area contributed by atoms with Gasteiger partial charge in [-0.1, -0.05) is 82.3 Å². The summed E-state index contributed by atoms with van der Waals surface area (Å²) in [4.78, 5) is 0. The first kappa shape index (κ1) is 24.0. The number of hydrogen-bond acceptors (Lipinski definition) is 2. The number of benzene rings is 3. The van der Waals surface area contributed by atoms with Crippen molar-refractivity contribution in [1.82, 2.24) is 0 Å². The molecule has 2 nitrogen and oxygen atoms in total. The van der Waals surface area contributed by atoms with Gasteiger partial charge in [-0.2, -0.15) is 0 Å². The molecule has 0 radical (unpaired) electrons. The van der Waals surface area contributed by atoms with Crippen molar-refractivity contribution < 1.29 is 14.2 Å². The smallest absolute Gasteiger partial charge is 0.132 e. The largest absolute Gasteiger partial charge is 0.488 e. The minimum atomic E-state index is -0.413. The van der Waals surface area contributed by atoms with Crippen LogP contribution in [0, 0.1) is 5.82 Å². The fourth-order valence-corrected chi connectivity index (χ4v) is 4.01. The molecule has 32 heavy (non-hydrogen) atoms. The Morgan fingerprint density at radius 3 is 2.09 bits per heavy atom. The first-order valence-corrected chi connectivity index (χ1v) is 11.6. The van der Waals surface area contributed by atoms with Crippen LogP contribution in [0.3, 0.4) is 0 Å². The standard InChI is InChI=1S/C29H35FO2/c1-20(2)26-16-28(30)27(18-31)29(17-26)32-19-23-9-8-12-25(15-23)22(4)14-13-21(3)24-10-6-5-7-11-24/h5-12,15-17,20-22,31H,13-14,18-19H2,1-4H3. The Balaban J connectivity index is 1.65. The molecule has 0 amide bonds. The molecule has 3 rings (SSSR count). The quantitative estimate of drug-likeness (QED) is 0.354. The topological polar surface area (TPSA) is 29.5 Å². The fraction of sp³-hybridized carbons (Fsp3) is 0.379. The van der Waals surface area contributed by atoms with Crippen molar-refractivity contribution in [3.05, 3.63) is 100 Å². The van der Waals surface area contributed by atoms with E-state index in [9.17, 15) is 9.50 Å². The molecule has 0 heterocycles. The minimum Gasteiger partial charge on any atom is -0.488 e. The molecule has 3 heteroatoms. The van der Waals surface area contributed by atoms with Gasteiger partial charge in [0.1, 0.15) is 18.2 Å². The van der Waals surface area contributed by atoms with E-state index in [2.05, 4.69) is 62.4 Å². The van der Waals surface area contributed by atoms with Crippen molar-refractivity contribution >= 4 is 0 Å². The van der Waals surface area contributed by atoms with E-state index in [0.29, 0.717) is 24.2 Å². The van der Waals surface area contributed by atoms with Crippen LogP contribution in [0.25, 0.3) is 0 Å². The van der Waals surface area contributed by atoms with Crippen molar-refractivity contribution in [2.24, 2.45) is 0 Å². The minimum absolute atomic E-state index is 0.182. The second-order valence-electron chi connectivity index (χ2n) is 9.12. The lowest BCUT2D eigenvalue weighted by atomic mass is 9.89. The van der Waals surface area contributed by atoms with Gasteiger partial charge in [0, 0.05) is 0 Å². The second-order valence-corrected chi connectivity index (χ2v) is 9.12. The highest BCUT2D eigenvalue weighted by Crippen LogP contribution is 2.30. The molecular formula is C29H35FO2. The van der Waals surface area contributed by atoms with E-state index in [4.69, 9.17) is 4.74 Å². The third-order valence-electron chi connectivity index (χ3n) is 6.32. The van der Waals surface area contributed by atoms with Crippen molar-refractivity contribution in [1.29, 1.82) is 0 Å². The van der Waals surface area contributed by atoms with Gasteiger partial charge in [0.15, 0.2) is 0 Å². The Hall–Kier alpha value is -2.65.